The lowest BCUT2D eigenvalue weighted by atomic mass is 9.71. The predicted molar refractivity (Wildman–Crippen MR) is 74.1 cm³/mol. The molecule has 1 saturated carbocycles. The van der Waals surface area contributed by atoms with Crippen LogP contribution < -0.4 is 5.56 Å². The van der Waals surface area contributed by atoms with Crippen LogP contribution in [0.15, 0.2) is 41.3 Å². The molecule has 1 aliphatic rings. The van der Waals surface area contributed by atoms with Gasteiger partial charge in [-0.2, -0.15) is 0 Å². The van der Waals surface area contributed by atoms with Crippen LogP contribution >= 0.6 is 0 Å². The Morgan fingerprint density at radius 3 is 2.67 bits per heavy atom. The van der Waals surface area contributed by atoms with Crippen LogP contribution in [0.1, 0.15) is 44.6 Å². The third-order valence-corrected chi connectivity index (χ3v) is 4.37. The van der Waals surface area contributed by atoms with Crippen molar-refractivity contribution in [3.8, 4) is 0 Å². The molecule has 2 nitrogen and oxygen atoms in total. The van der Waals surface area contributed by atoms with E-state index in [0.717, 1.165) is 5.52 Å². The largest absolute Gasteiger partial charge is 0.284 e. The summed E-state index contributed by atoms with van der Waals surface area (Å²) >= 11 is 0. The molecule has 0 amide bonds. The fourth-order valence-corrected chi connectivity index (χ4v) is 3.15. The summed E-state index contributed by atoms with van der Waals surface area (Å²) in [6, 6.07) is 9.92. The molecule has 0 spiro atoms. The van der Waals surface area contributed by atoms with Crippen molar-refractivity contribution in [2.24, 2.45) is 0 Å². The Hall–Kier alpha value is -1.57. The molecule has 0 bridgehead atoms. The molecular weight excluding hydrogens is 222 g/mol. The highest BCUT2D eigenvalue weighted by Gasteiger charge is 2.29. The van der Waals surface area contributed by atoms with Crippen molar-refractivity contribution in [1.29, 1.82) is 0 Å². The fourth-order valence-electron chi connectivity index (χ4n) is 3.15. The van der Waals surface area contributed by atoms with Gasteiger partial charge in [-0.05, 0) is 42.0 Å². The summed E-state index contributed by atoms with van der Waals surface area (Å²) in [7, 11) is 0. The quantitative estimate of drug-likeness (QED) is 0.748. The normalized spacial score (nSPS) is 18.9. The van der Waals surface area contributed by atoms with E-state index in [4.69, 9.17) is 0 Å². The summed E-state index contributed by atoms with van der Waals surface area (Å²) in [5.41, 5.74) is 2.52. The van der Waals surface area contributed by atoms with E-state index in [0.29, 0.717) is 0 Å². The second kappa shape index (κ2) is 4.27. The van der Waals surface area contributed by atoms with Gasteiger partial charge in [-0.3, -0.25) is 9.20 Å². The average Bonchev–Trinajstić information content (AvgIpc) is 2.39. The minimum absolute atomic E-state index is 0.0925. The van der Waals surface area contributed by atoms with Gasteiger partial charge >= 0.3 is 0 Å². The van der Waals surface area contributed by atoms with Crippen LogP contribution in [-0.2, 0) is 5.41 Å². The van der Waals surface area contributed by atoms with Gasteiger partial charge in [-0.1, -0.05) is 32.3 Å². The summed E-state index contributed by atoms with van der Waals surface area (Å²) in [4.78, 5) is 12.1. The van der Waals surface area contributed by atoms with Crippen molar-refractivity contribution in [2.75, 3.05) is 0 Å². The van der Waals surface area contributed by atoms with Crippen molar-refractivity contribution < 1.29 is 0 Å². The summed E-state index contributed by atoms with van der Waals surface area (Å²) in [6.07, 6.45) is 8.15. The monoisotopic (exact) mass is 241 g/mol. The lowest BCUT2D eigenvalue weighted by molar-refractivity contribution is 0.319. The minimum atomic E-state index is 0.0925. The van der Waals surface area contributed by atoms with Crippen molar-refractivity contribution in [3.63, 3.8) is 0 Å². The first-order chi connectivity index (χ1) is 8.69. The van der Waals surface area contributed by atoms with Crippen LogP contribution in [0, 0.1) is 0 Å². The Morgan fingerprint density at radius 1 is 1.11 bits per heavy atom. The summed E-state index contributed by atoms with van der Waals surface area (Å²) in [5.74, 6) is 0. The van der Waals surface area contributed by atoms with Gasteiger partial charge in [0.05, 0.1) is 0 Å². The second-order valence-corrected chi connectivity index (χ2v) is 5.70. The number of pyridine rings is 2. The molecule has 2 heterocycles. The van der Waals surface area contributed by atoms with E-state index in [1.807, 2.05) is 30.5 Å². The standard InChI is InChI=1S/C16H19NO/c1-16(8-4-2-5-9-16)13-11-14-7-3-6-10-17(14)15(18)12-13/h3,6-7,10-12H,2,4-5,8-9H2,1H3. The van der Waals surface area contributed by atoms with Crippen LogP contribution in [0.25, 0.3) is 5.52 Å². The van der Waals surface area contributed by atoms with E-state index in [-0.39, 0.29) is 11.0 Å². The lowest BCUT2D eigenvalue weighted by Crippen LogP contribution is -2.27. The van der Waals surface area contributed by atoms with Gasteiger partial charge in [0.25, 0.3) is 5.56 Å². The Morgan fingerprint density at radius 2 is 1.89 bits per heavy atom. The molecule has 0 aromatic carbocycles. The third kappa shape index (κ3) is 1.86. The number of fused-ring (bicyclic) bond motifs is 1. The third-order valence-electron chi connectivity index (χ3n) is 4.37. The van der Waals surface area contributed by atoms with E-state index in [1.165, 1.54) is 37.7 Å². The van der Waals surface area contributed by atoms with Gasteiger partial charge in [0.15, 0.2) is 0 Å². The molecule has 0 atom stereocenters. The van der Waals surface area contributed by atoms with Crippen LogP contribution in [0.4, 0.5) is 0 Å². The molecule has 2 aromatic heterocycles. The van der Waals surface area contributed by atoms with Crippen LogP contribution in [-0.4, -0.2) is 4.40 Å². The smallest absolute Gasteiger partial charge is 0.255 e. The minimum Gasteiger partial charge on any atom is -0.284 e. The first-order valence-electron chi connectivity index (χ1n) is 6.81. The number of rotatable bonds is 1. The number of aromatic nitrogens is 1. The molecule has 0 N–H and O–H groups in total. The molecule has 1 fully saturated rings. The van der Waals surface area contributed by atoms with Gasteiger partial charge < -0.3 is 0 Å². The van der Waals surface area contributed by atoms with E-state index in [9.17, 15) is 4.79 Å². The van der Waals surface area contributed by atoms with E-state index in [1.54, 1.807) is 4.40 Å². The van der Waals surface area contributed by atoms with E-state index < -0.39 is 0 Å². The van der Waals surface area contributed by atoms with Gasteiger partial charge in [-0.15, -0.1) is 0 Å². The highest BCUT2D eigenvalue weighted by Crippen LogP contribution is 2.38. The number of nitrogens with zero attached hydrogens (tertiary/aromatic N) is 1. The molecule has 0 aliphatic heterocycles. The maximum absolute atomic E-state index is 12.1. The van der Waals surface area contributed by atoms with Gasteiger partial charge in [0.1, 0.15) is 0 Å². The highest BCUT2D eigenvalue weighted by molar-refractivity contribution is 5.50. The SMILES string of the molecule is CC1(c2cc(=O)n3ccccc3c2)CCCCC1. The van der Waals surface area contributed by atoms with Crippen molar-refractivity contribution >= 4 is 5.52 Å². The fraction of sp³-hybridized carbons (Fsp3) is 0.438. The first kappa shape index (κ1) is 11.5. The van der Waals surface area contributed by atoms with E-state index >= 15 is 0 Å². The van der Waals surface area contributed by atoms with Crippen molar-refractivity contribution in [2.45, 2.75) is 44.4 Å². The van der Waals surface area contributed by atoms with Crippen molar-refractivity contribution in [3.05, 3.63) is 52.4 Å². The zero-order valence-corrected chi connectivity index (χ0v) is 10.9. The molecule has 0 saturated heterocycles. The highest BCUT2D eigenvalue weighted by atomic mass is 16.1. The van der Waals surface area contributed by atoms with Gasteiger partial charge in [0.2, 0.25) is 0 Å². The molecule has 0 unspecified atom stereocenters. The predicted octanol–water partition coefficient (Wildman–Crippen LogP) is 3.52. The van der Waals surface area contributed by atoms with Crippen molar-refractivity contribution in [1.82, 2.24) is 4.40 Å². The number of hydrogen-bond donors (Lipinski definition) is 0. The molecule has 3 rings (SSSR count). The molecule has 94 valence electrons. The van der Waals surface area contributed by atoms with Crippen LogP contribution in [0.2, 0.25) is 0 Å². The second-order valence-electron chi connectivity index (χ2n) is 5.70. The Kier molecular flexibility index (Phi) is 2.73. The Balaban J connectivity index is 2.15. The first-order valence-corrected chi connectivity index (χ1v) is 6.81. The Bertz CT molecular complexity index is 620. The maximum Gasteiger partial charge on any atom is 0.255 e. The Labute approximate surface area is 107 Å². The zero-order valence-electron chi connectivity index (χ0n) is 10.9. The summed E-state index contributed by atoms with van der Waals surface area (Å²) in [6.45, 7) is 2.31. The summed E-state index contributed by atoms with van der Waals surface area (Å²) in [5, 5.41) is 0. The lowest BCUT2D eigenvalue weighted by Gasteiger charge is -2.34. The average molecular weight is 241 g/mol. The number of hydrogen-bond acceptors (Lipinski definition) is 1. The van der Waals surface area contributed by atoms with Gasteiger partial charge in [-0.25, -0.2) is 0 Å². The van der Waals surface area contributed by atoms with E-state index in [2.05, 4.69) is 13.0 Å². The van der Waals surface area contributed by atoms with Crippen LogP contribution in [0.3, 0.4) is 0 Å². The molecule has 1 aliphatic carbocycles. The zero-order chi connectivity index (χ0) is 12.6. The molecule has 18 heavy (non-hydrogen) atoms. The van der Waals surface area contributed by atoms with Gasteiger partial charge in [0, 0.05) is 17.8 Å². The summed E-state index contributed by atoms with van der Waals surface area (Å²) < 4.78 is 1.72. The molecule has 2 heteroatoms. The topological polar surface area (TPSA) is 21.5 Å². The van der Waals surface area contributed by atoms with Crippen LogP contribution in [0.5, 0.6) is 0 Å². The molecule has 2 aromatic rings. The molecular formula is C16H19NO. The molecule has 0 radical (unpaired) electrons. The maximum atomic E-state index is 12.1.